The van der Waals surface area contributed by atoms with Crippen LogP contribution >= 0.6 is 0 Å². The number of piperidine rings is 1. The summed E-state index contributed by atoms with van der Waals surface area (Å²) in [6, 6.07) is 2.55. The van der Waals surface area contributed by atoms with E-state index in [1.54, 1.807) is 12.1 Å². The van der Waals surface area contributed by atoms with Gasteiger partial charge in [-0.3, -0.25) is 29.4 Å². The van der Waals surface area contributed by atoms with Crippen molar-refractivity contribution in [3.8, 4) is 0 Å². The number of hydrogen-bond donors (Lipinski definition) is 2. The number of carbonyl (C=O) groups excluding carboxylic acids is 4. The molecule has 23 heavy (non-hydrogen) atoms. The summed E-state index contributed by atoms with van der Waals surface area (Å²) in [6.45, 7) is 0.838. The van der Waals surface area contributed by atoms with Gasteiger partial charge in [-0.2, -0.15) is 0 Å². The average molecular weight is 313 g/mol. The number of carbonyl (C=O) groups is 4. The molecule has 0 radical (unpaired) electrons. The number of hydrogen-bond acceptors (Lipinski definition) is 5. The molecule has 7 nitrogen and oxygen atoms in total. The second kappa shape index (κ2) is 4.91. The Kier molecular flexibility index (Phi) is 2.97. The normalized spacial score (nSPS) is 23.3. The Morgan fingerprint density at radius 2 is 1.74 bits per heavy atom. The highest BCUT2D eigenvalue weighted by Gasteiger charge is 2.45. The fourth-order valence-electron chi connectivity index (χ4n) is 3.44. The van der Waals surface area contributed by atoms with Gasteiger partial charge in [0.25, 0.3) is 11.8 Å². The SMILES string of the molecule is O=C1CCC(N2C(=O)c3cc4c(cc3C2=O)NCCC4)C(=O)N1. The number of anilines is 1. The highest BCUT2D eigenvalue weighted by atomic mass is 16.2. The lowest BCUT2D eigenvalue weighted by molar-refractivity contribution is -0.136. The van der Waals surface area contributed by atoms with Crippen molar-refractivity contribution < 1.29 is 19.2 Å². The molecule has 118 valence electrons. The molecule has 7 heteroatoms. The third-order valence-electron chi connectivity index (χ3n) is 4.60. The van der Waals surface area contributed by atoms with E-state index in [1.165, 1.54) is 0 Å². The Balaban J connectivity index is 1.72. The Morgan fingerprint density at radius 1 is 1.00 bits per heavy atom. The number of nitrogens with zero attached hydrogens (tertiary/aromatic N) is 1. The third kappa shape index (κ3) is 2.03. The number of fused-ring (bicyclic) bond motifs is 2. The molecule has 1 aromatic rings. The second-order valence-electron chi connectivity index (χ2n) is 6.03. The highest BCUT2D eigenvalue weighted by Crippen LogP contribution is 2.33. The molecule has 1 saturated heterocycles. The van der Waals surface area contributed by atoms with E-state index in [2.05, 4.69) is 10.6 Å². The Hall–Kier alpha value is -2.70. The molecule has 4 amide bonds. The summed E-state index contributed by atoms with van der Waals surface area (Å²) in [5.41, 5.74) is 2.57. The summed E-state index contributed by atoms with van der Waals surface area (Å²) in [4.78, 5) is 49.5. The zero-order valence-corrected chi connectivity index (χ0v) is 12.3. The van der Waals surface area contributed by atoms with Crippen LogP contribution in [-0.2, 0) is 16.0 Å². The number of nitrogens with one attached hydrogen (secondary N) is 2. The molecular weight excluding hydrogens is 298 g/mol. The second-order valence-corrected chi connectivity index (χ2v) is 6.03. The highest BCUT2D eigenvalue weighted by molar-refractivity contribution is 6.24. The predicted molar refractivity (Wildman–Crippen MR) is 79.9 cm³/mol. The van der Waals surface area contributed by atoms with E-state index in [1.807, 2.05) is 0 Å². The maximum Gasteiger partial charge on any atom is 0.262 e. The molecule has 1 unspecified atom stereocenters. The molecular formula is C16H15N3O4. The maximum absolute atomic E-state index is 12.6. The first-order chi connectivity index (χ1) is 11.1. The molecule has 0 spiro atoms. The molecule has 1 aromatic carbocycles. The monoisotopic (exact) mass is 313 g/mol. The van der Waals surface area contributed by atoms with Crippen LogP contribution in [0.25, 0.3) is 0 Å². The molecule has 3 aliphatic heterocycles. The van der Waals surface area contributed by atoms with Crippen LogP contribution in [0.2, 0.25) is 0 Å². The van der Waals surface area contributed by atoms with Crippen LogP contribution in [0.1, 0.15) is 45.5 Å². The molecule has 0 aliphatic carbocycles. The fourth-order valence-corrected chi connectivity index (χ4v) is 3.44. The number of aryl methyl sites for hydroxylation is 1. The van der Waals surface area contributed by atoms with E-state index < -0.39 is 23.8 Å². The van der Waals surface area contributed by atoms with Gasteiger partial charge in [-0.15, -0.1) is 0 Å². The minimum absolute atomic E-state index is 0.127. The largest absolute Gasteiger partial charge is 0.385 e. The van der Waals surface area contributed by atoms with E-state index >= 15 is 0 Å². The lowest BCUT2D eigenvalue weighted by atomic mass is 9.98. The third-order valence-corrected chi connectivity index (χ3v) is 4.60. The minimum atomic E-state index is -0.912. The number of imide groups is 2. The first kappa shape index (κ1) is 13.9. The van der Waals surface area contributed by atoms with Gasteiger partial charge in [-0.05, 0) is 37.0 Å². The van der Waals surface area contributed by atoms with E-state index in [4.69, 9.17) is 0 Å². The van der Waals surface area contributed by atoms with Crippen molar-refractivity contribution in [3.05, 3.63) is 28.8 Å². The lowest BCUT2D eigenvalue weighted by Crippen LogP contribution is -2.54. The quantitative estimate of drug-likeness (QED) is 0.734. The Labute approximate surface area is 132 Å². The lowest BCUT2D eigenvalue weighted by Gasteiger charge is -2.27. The zero-order chi connectivity index (χ0) is 16.1. The van der Waals surface area contributed by atoms with E-state index in [0.29, 0.717) is 11.1 Å². The van der Waals surface area contributed by atoms with Crippen LogP contribution < -0.4 is 10.6 Å². The van der Waals surface area contributed by atoms with Gasteiger partial charge >= 0.3 is 0 Å². The van der Waals surface area contributed by atoms with Crippen LogP contribution in [0.5, 0.6) is 0 Å². The van der Waals surface area contributed by atoms with Crippen LogP contribution in [0, 0.1) is 0 Å². The van der Waals surface area contributed by atoms with Crippen molar-refractivity contribution in [1.29, 1.82) is 0 Å². The summed E-state index contributed by atoms with van der Waals surface area (Å²) in [6.07, 6.45) is 2.14. The van der Waals surface area contributed by atoms with Gasteiger partial charge in [0.1, 0.15) is 6.04 Å². The molecule has 0 aromatic heterocycles. The molecule has 2 N–H and O–H groups in total. The standard InChI is InChI=1S/C16H15N3O4/c20-13-4-3-12(14(21)18-13)19-15(22)9-6-8-2-1-5-17-11(8)7-10(9)16(19)23/h6-7,12,17H,1-5H2,(H,18,20,21). The summed E-state index contributed by atoms with van der Waals surface area (Å²) < 4.78 is 0. The van der Waals surface area contributed by atoms with E-state index in [9.17, 15) is 19.2 Å². The van der Waals surface area contributed by atoms with Gasteiger partial charge in [0.15, 0.2) is 0 Å². The van der Waals surface area contributed by atoms with Gasteiger partial charge in [0.2, 0.25) is 11.8 Å². The topological polar surface area (TPSA) is 95.6 Å². The molecule has 0 bridgehead atoms. The van der Waals surface area contributed by atoms with Crippen molar-refractivity contribution in [1.82, 2.24) is 10.2 Å². The molecule has 4 rings (SSSR count). The minimum Gasteiger partial charge on any atom is -0.385 e. The van der Waals surface area contributed by atoms with Crippen LogP contribution in [0.3, 0.4) is 0 Å². The van der Waals surface area contributed by atoms with Gasteiger partial charge in [-0.1, -0.05) is 0 Å². The Bertz CT molecular complexity index is 726. The van der Waals surface area contributed by atoms with Gasteiger partial charge in [-0.25, -0.2) is 0 Å². The number of rotatable bonds is 1. The fraction of sp³-hybridized carbons (Fsp3) is 0.375. The first-order valence-corrected chi connectivity index (χ1v) is 7.68. The summed E-state index contributed by atoms with van der Waals surface area (Å²) in [5.74, 6) is -1.87. The summed E-state index contributed by atoms with van der Waals surface area (Å²) in [7, 11) is 0. The smallest absolute Gasteiger partial charge is 0.262 e. The van der Waals surface area contributed by atoms with E-state index in [0.717, 1.165) is 35.5 Å². The van der Waals surface area contributed by atoms with E-state index in [-0.39, 0.29) is 18.7 Å². The molecule has 3 heterocycles. The van der Waals surface area contributed by atoms with Crippen LogP contribution in [0.15, 0.2) is 12.1 Å². The van der Waals surface area contributed by atoms with Crippen molar-refractivity contribution in [2.45, 2.75) is 31.7 Å². The van der Waals surface area contributed by atoms with Crippen molar-refractivity contribution in [2.24, 2.45) is 0 Å². The van der Waals surface area contributed by atoms with Crippen molar-refractivity contribution in [3.63, 3.8) is 0 Å². The van der Waals surface area contributed by atoms with Crippen molar-refractivity contribution in [2.75, 3.05) is 11.9 Å². The van der Waals surface area contributed by atoms with Crippen molar-refractivity contribution >= 4 is 29.3 Å². The maximum atomic E-state index is 12.6. The average Bonchev–Trinajstić information content (AvgIpc) is 2.77. The molecule has 3 aliphatic rings. The molecule has 0 saturated carbocycles. The van der Waals surface area contributed by atoms with Crippen LogP contribution in [-0.4, -0.2) is 41.1 Å². The summed E-state index contributed by atoms with van der Waals surface area (Å²) >= 11 is 0. The molecule has 1 atom stereocenters. The van der Waals surface area contributed by atoms with Gasteiger partial charge in [0, 0.05) is 18.7 Å². The number of amides is 4. The van der Waals surface area contributed by atoms with Gasteiger partial charge in [0.05, 0.1) is 11.1 Å². The summed E-state index contributed by atoms with van der Waals surface area (Å²) in [5, 5.41) is 5.42. The van der Waals surface area contributed by atoms with Crippen LogP contribution in [0.4, 0.5) is 5.69 Å². The number of benzene rings is 1. The molecule has 1 fully saturated rings. The first-order valence-electron chi connectivity index (χ1n) is 7.68. The Morgan fingerprint density at radius 3 is 2.48 bits per heavy atom. The zero-order valence-electron chi connectivity index (χ0n) is 12.3. The predicted octanol–water partition coefficient (Wildman–Crippen LogP) is 0.446. The van der Waals surface area contributed by atoms with Gasteiger partial charge < -0.3 is 5.32 Å².